The molecule has 0 unspecified atom stereocenters. The van der Waals surface area contributed by atoms with Crippen LogP contribution in [0.25, 0.3) is 0 Å². The number of nitrogens with one attached hydrogen (secondary N) is 1. The summed E-state index contributed by atoms with van der Waals surface area (Å²) in [6.45, 7) is 8.75. The lowest BCUT2D eigenvalue weighted by molar-refractivity contribution is -0.113. The van der Waals surface area contributed by atoms with Crippen molar-refractivity contribution in [1.29, 1.82) is 0 Å². The van der Waals surface area contributed by atoms with Crippen molar-refractivity contribution < 1.29 is 27.2 Å². The highest BCUT2D eigenvalue weighted by Gasteiger charge is 2.27. The number of sulfonamides is 1. The molecule has 1 N–H and O–H groups in total. The summed E-state index contributed by atoms with van der Waals surface area (Å²) in [7, 11) is -3.70. The number of rotatable bonds is 9. The van der Waals surface area contributed by atoms with E-state index in [-0.39, 0.29) is 22.7 Å². The van der Waals surface area contributed by atoms with Gasteiger partial charge in [-0.1, -0.05) is 5.16 Å². The molecule has 0 aliphatic carbocycles. The summed E-state index contributed by atoms with van der Waals surface area (Å²) in [5.41, 5.74) is 2.12. The second-order valence-electron chi connectivity index (χ2n) is 7.68. The zero-order chi connectivity index (χ0) is 23.3. The fraction of sp³-hybridized carbons (Fsp3) is 0.524. The van der Waals surface area contributed by atoms with Gasteiger partial charge in [-0.15, -0.1) is 11.8 Å². The number of anilines is 1. The average Bonchev–Trinajstić information content (AvgIpc) is 3.07. The quantitative estimate of drug-likeness (QED) is 0.580. The topological polar surface area (TPSA) is 111 Å². The summed E-state index contributed by atoms with van der Waals surface area (Å²) in [5, 5.41) is 6.73. The molecule has 9 nitrogen and oxygen atoms in total. The van der Waals surface area contributed by atoms with Gasteiger partial charge in [0.1, 0.15) is 11.5 Å². The van der Waals surface area contributed by atoms with Crippen LogP contribution in [0.1, 0.15) is 30.9 Å². The van der Waals surface area contributed by atoms with E-state index in [9.17, 15) is 13.2 Å². The maximum Gasteiger partial charge on any atom is 0.243 e. The maximum absolute atomic E-state index is 13.0. The second-order valence-corrected chi connectivity index (χ2v) is 10.6. The number of amides is 1. The van der Waals surface area contributed by atoms with Gasteiger partial charge in [0.25, 0.3) is 0 Å². The van der Waals surface area contributed by atoms with Crippen molar-refractivity contribution in [2.45, 2.75) is 44.4 Å². The summed E-state index contributed by atoms with van der Waals surface area (Å²) in [4.78, 5) is 12.7. The zero-order valence-electron chi connectivity index (χ0n) is 18.7. The summed E-state index contributed by atoms with van der Waals surface area (Å²) in [6.07, 6.45) is -0.138. The number of thioether (sulfide) groups is 1. The van der Waals surface area contributed by atoms with E-state index >= 15 is 0 Å². The van der Waals surface area contributed by atoms with Gasteiger partial charge in [0.2, 0.25) is 15.9 Å². The first-order valence-corrected chi connectivity index (χ1v) is 13.0. The Bertz CT molecular complexity index is 1030. The minimum Gasteiger partial charge on any atom is -0.489 e. The minimum absolute atomic E-state index is 0.106. The van der Waals surface area contributed by atoms with E-state index in [0.29, 0.717) is 43.5 Å². The van der Waals surface area contributed by atoms with Crippen LogP contribution in [0.5, 0.6) is 5.75 Å². The van der Waals surface area contributed by atoms with Gasteiger partial charge in [0, 0.05) is 24.4 Å². The number of ether oxygens (including phenoxy) is 2. The molecule has 1 saturated heterocycles. The van der Waals surface area contributed by atoms with Gasteiger partial charge in [-0.25, -0.2) is 8.42 Å². The number of carbonyl (C=O) groups excluding carboxylic acids is 1. The van der Waals surface area contributed by atoms with Gasteiger partial charge < -0.3 is 19.3 Å². The number of hydrogen-bond acceptors (Lipinski definition) is 8. The molecule has 2 heterocycles. The first kappa shape index (κ1) is 24.6. The lowest BCUT2D eigenvalue weighted by atomic mass is 10.2. The Labute approximate surface area is 192 Å². The van der Waals surface area contributed by atoms with Crippen LogP contribution in [0.4, 0.5) is 5.69 Å². The van der Waals surface area contributed by atoms with Crippen LogP contribution < -0.4 is 10.1 Å². The lowest BCUT2D eigenvalue weighted by Crippen LogP contribution is -2.40. The smallest absolute Gasteiger partial charge is 0.243 e. The second kappa shape index (κ2) is 10.7. The number of aromatic nitrogens is 1. The third-order valence-electron chi connectivity index (χ3n) is 4.86. The van der Waals surface area contributed by atoms with Crippen LogP contribution in [0.2, 0.25) is 0 Å². The molecule has 1 amide bonds. The van der Waals surface area contributed by atoms with Crippen molar-refractivity contribution in [3.63, 3.8) is 0 Å². The van der Waals surface area contributed by atoms with Crippen molar-refractivity contribution in [3.05, 3.63) is 35.2 Å². The molecule has 0 saturated carbocycles. The third kappa shape index (κ3) is 6.03. The molecule has 1 aromatic heterocycles. The molecule has 176 valence electrons. The summed E-state index contributed by atoms with van der Waals surface area (Å²) in [5.74, 6) is 1.69. The number of benzene rings is 1. The van der Waals surface area contributed by atoms with Crippen molar-refractivity contribution >= 4 is 33.4 Å². The molecule has 0 radical (unpaired) electrons. The van der Waals surface area contributed by atoms with Crippen LogP contribution in [0.15, 0.2) is 27.6 Å². The Kier molecular flexibility index (Phi) is 8.21. The fourth-order valence-corrected chi connectivity index (χ4v) is 5.61. The van der Waals surface area contributed by atoms with Crippen LogP contribution in [0.3, 0.4) is 0 Å². The number of morpholine rings is 1. The molecular weight excluding hydrogens is 454 g/mol. The van der Waals surface area contributed by atoms with Gasteiger partial charge in [-0.3, -0.25) is 4.79 Å². The Balaban J connectivity index is 1.73. The van der Waals surface area contributed by atoms with Crippen LogP contribution in [-0.4, -0.2) is 61.9 Å². The van der Waals surface area contributed by atoms with Crippen LogP contribution >= 0.6 is 11.8 Å². The average molecular weight is 484 g/mol. The van der Waals surface area contributed by atoms with Gasteiger partial charge in [-0.05, 0) is 45.9 Å². The van der Waals surface area contributed by atoms with Gasteiger partial charge >= 0.3 is 0 Å². The molecule has 1 fully saturated rings. The molecule has 32 heavy (non-hydrogen) atoms. The summed E-state index contributed by atoms with van der Waals surface area (Å²) >= 11 is 1.43. The predicted octanol–water partition coefficient (Wildman–Crippen LogP) is 2.97. The molecule has 1 aliphatic heterocycles. The van der Waals surface area contributed by atoms with Crippen LogP contribution in [0, 0.1) is 13.8 Å². The first-order chi connectivity index (χ1) is 15.2. The van der Waals surface area contributed by atoms with E-state index in [4.69, 9.17) is 14.0 Å². The van der Waals surface area contributed by atoms with E-state index in [1.807, 2.05) is 27.7 Å². The molecule has 0 bridgehead atoms. The summed E-state index contributed by atoms with van der Waals surface area (Å²) in [6, 6.07) is 4.55. The van der Waals surface area contributed by atoms with Gasteiger partial charge in [0.05, 0.1) is 41.3 Å². The van der Waals surface area contributed by atoms with Crippen molar-refractivity contribution in [2.75, 3.05) is 37.4 Å². The minimum atomic E-state index is -3.70. The molecule has 11 heteroatoms. The van der Waals surface area contributed by atoms with E-state index in [1.54, 1.807) is 6.07 Å². The van der Waals surface area contributed by atoms with Crippen molar-refractivity contribution in [2.24, 2.45) is 0 Å². The molecule has 1 aliphatic rings. The highest BCUT2D eigenvalue weighted by Crippen LogP contribution is 2.30. The third-order valence-corrected chi connectivity index (χ3v) is 7.71. The Hall–Kier alpha value is -2.08. The lowest BCUT2D eigenvalue weighted by Gasteiger charge is -2.26. The fourth-order valence-electron chi connectivity index (χ4n) is 3.20. The molecule has 3 rings (SSSR count). The Morgan fingerprint density at radius 1 is 1.28 bits per heavy atom. The monoisotopic (exact) mass is 483 g/mol. The van der Waals surface area contributed by atoms with E-state index < -0.39 is 10.0 Å². The van der Waals surface area contributed by atoms with Crippen LogP contribution in [-0.2, 0) is 25.3 Å². The number of aryl methyl sites for hydroxylation is 2. The molecule has 0 spiro atoms. The Morgan fingerprint density at radius 3 is 2.62 bits per heavy atom. The SMILES string of the molecule is Cc1noc(C)c1CSCC(=O)Nc1cc(S(=O)(=O)N2CCOCC2)ccc1OC(C)C. The van der Waals surface area contributed by atoms with Crippen molar-refractivity contribution in [3.8, 4) is 5.75 Å². The largest absolute Gasteiger partial charge is 0.489 e. The standard InChI is InChI=1S/C21H29N3O6S2/c1-14(2)29-20-6-5-17(32(26,27)24-7-9-28-10-8-24)11-19(20)22-21(25)13-31-12-18-15(3)23-30-16(18)4/h5-6,11,14H,7-10,12-13H2,1-4H3,(H,22,25). The normalized spacial score (nSPS) is 15.2. The van der Waals surface area contributed by atoms with Gasteiger partial charge in [-0.2, -0.15) is 4.31 Å². The maximum atomic E-state index is 13.0. The highest BCUT2D eigenvalue weighted by molar-refractivity contribution is 7.99. The molecule has 1 aromatic carbocycles. The first-order valence-electron chi connectivity index (χ1n) is 10.4. The number of hydrogen-bond donors (Lipinski definition) is 1. The molecular formula is C21H29N3O6S2. The van der Waals surface area contributed by atoms with E-state index in [0.717, 1.165) is 17.0 Å². The number of carbonyl (C=O) groups is 1. The number of nitrogens with zero attached hydrogens (tertiary/aromatic N) is 2. The summed E-state index contributed by atoms with van der Waals surface area (Å²) < 4.78 is 43.6. The predicted molar refractivity (Wildman–Crippen MR) is 123 cm³/mol. The zero-order valence-corrected chi connectivity index (χ0v) is 20.3. The molecule has 2 aromatic rings. The van der Waals surface area contributed by atoms with E-state index in [2.05, 4.69) is 10.5 Å². The van der Waals surface area contributed by atoms with E-state index in [1.165, 1.54) is 28.2 Å². The highest BCUT2D eigenvalue weighted by atomic mass is 32.2. The molecule has 0 atom stereocenters. The Morgan fingerprint density at radius 2 is 2.00 bits per heavy atom. The van der Waals surface area contributed by atoms with Crippen molar-refractivity contribution in [1.82, 2.24) is 9.46 Å². The van der Waals surface area contributed by atoms with Gasteiger partial charge in [0.15, 0.2) is 0 Å².